The molecule has 0 fully saturated rings. The van der Waals surface area contributed by atoms with Crippen LogP contribution in [0.4, 0.5) is 10.5 Å². The lowest BCUT2D eigenvalue weighted by Gasteiger charge is -2.12. The Bertz CT molecular complexity index is 1020. The topological polar surface area (TPSA) is 127 Å². The second-order valence-corrected chi connectivity index (χ2v) is 5.75. The zero-order valence-corrected chi connectivity index (χ0v) is 14.8. The molecule has 0 unspecified atom stereocenters. The van der Waals surface area contributed by atoms with Crippen molar-refractivity contribution in [3.63, 3.8) is 0 Å². The fourth-order valence-electron chi connectivity index (χ4n) is 2.70. The summed E-state index contributed by atoms with van der Waals surface area (Å²) in [6, 6.07) is 6.34. The zero-order valence-electron chi connectivity index (χ0n) is 14.8. The summed E-state index contributed by atoms with van der Waals surface area (Å²) in [5.74, 6) is -0.824. The van der Waals surface area contributed by atoms with E-state index < -0.39 is 22.6 Å². The quantitative estimate of drug-likeness (QED) is 0.332. The van der Waals surface area contributed by atoms with Crippen molar-refractivity contribution in [2.24, 2.45) is 7.05 Å². The van der Waals surface area contributed by atoms with Crippen LogP contribution in [0.3, 0.4) is 0 Å². The summed E-state index contributed by atoms with van der Waals surface area (Å²) < 4.78 is 16.3. The molecule has 1 heterocycles. The van der Waals surface area contributed by atoms with Crippen LogP contribution < -0.4 is 4.74 Å². The average Bonchev–Trinajstić information content (AvgIpc) is 3.00. The summed E-state index contributed by atoms with van der Waals surface area (Å²) in [7, 11) is 2.86. The van der Waals surface area contributed by atoms with Gasteiger partial charge in [0.05, 0.1) is 23.3 Å². The maximum Gasteiger partial charge on any atom is 0.514 e. The molecule has 3 rings (SSSR count). The van der Waals surface area contributed by atoms with Crippen LogP contribution in [0.5, 0.6) is 5.75 Å². The number of carbonyl (C=O) groups is 3. The van der Waals surface area contributed by atoms with Gasteiger partial charge in [0, 0.05) is 25.3 Å². The van der Waals surface area contributed by atoms with Gasteiger partial charge in [-0.15, -0.1) is 0 Å². The van der Waals surface area contributed by atoms with Gasteiger partial charge in [0.2, 0.25) is 11.6 Å². The van der Waals surface area contributed by atoms with Gasteiger partial charge in [-0.25, -0.2) is 4.79 Å². The predicted molar refractivity (Wildman–Crippen MR) is 93.1 cm³/mol. The lowest BCUT2D eigenvalue weighted by atomic mass is 10.0. The molecule has 1 aliphatic carbocycles. The number of carbonyl (C=O) groups excluding carboxylic acids is 3. The average molecular weight is 386 g/mol. The van der Waals surface area contributed by atoms with E-state index in [1.165, 1.54) is 42.0 Å². The molecule has 28 heavy (non-hydrogen) atoms. The number of hydrogen-bond donors (Lipinski definition) is 0. The van der Waals surface area contributed by atoms with Crippen LogP contribution in [0.2, 0.25) is 0 Å². The third-order valence-electron chi connectivity index (χ3n) is 4.10. The van der Waals surface area contributed by atoms with Crippen molar-refractivity contribution >= 4 is 23.4 Å². The molecule has 1 aromatic carbocycles. The molecule has 0 saturated carbocycles. The standard InChI is InChI=1S/C18H14N2O8/c1-19-11(7-13-16(19)14(21)8-15(26-2)17(13)22)9-27-18(23)28-12-5-3-10(4-6-12)20(24)25/h3-8H,9H2,1-2H3. The number of rotatable bonds is 5. The molecule has 0 aliphatic heterocycles. The SMILES string of the molecule is COC1=CC(=O)c2c(cc(COC(=O)Oc3ccc([N+](=O)[O-])cc3)n2C)C1=O. The zero-order chi connectivity index (χ0) is 20.4. The molecule has 0 saturated heterocycles. The number of methoxy groups -OCH3 is 1. The monoisotopic (exact) mass is 386 g/mol. The minimum absolute atomic E-state index is 0.0619. The normalized spacial score (nSPS) is 12.9. The van der Waals surface area contributed by atoms with Gasteiger partial charge in [-0.1, -0.05) is 0 Å². The van der Waals surface area contributed by atoms with Gasteiger partial charge in [0.25, 0.3) is 5.69 Å². The first-order valence-corrected chi connectivity index (χ1v) is 7.94. The van der Waals surface area contributed by atoms with Crippen molar-refractivity contribution in [3.8, 4) is 5.75 Å². The molecule has 10 heteroatoms. The number of nitro groups is 1. The summed E-state index contributed by atoms with van der Waals surface area (Å²) >= 11 is 0. The molecular weight excluding hydrogens is 372 g/mol. The van der Waals surface area contributed by atoms with E-state index in [2.05, 4.69) is 0 Å². The van der Waals surface area contributed by atoms with E-state index in [9.17, 15) is 24.5 Å². The Morgan fingerprint density at radius 1 is 1.21 bits per heavy atom. The highest BCUT2D eigenvalue weighted by Crippen LogP contribution is 2.25. The van der Waals surface area contributed by atoms with E-state index in [-0.39, 0.29) is 35.1 Å². The maximum absolute atomic E-state index is 12.3. The van der Waals surface area contributed by atoms with Crippen LogP contribution >= 0.6 is 0 Å². The Labute approximate surface area is 158 Å². The minimum Gasteiger partial charge on any atom is -0.492 e. The van der Waals surface area contributed by atoms with Gasteiger partial charge in [-0.2, -0.15) is 0 Å². The smallest absolute Gasteiger partial charge is 0.492 e. The number of allylic oxidation sites excluding steroid dienone is 2. The molecule has 0 amide bonds. The summed E-state index contributed by atoms with van der Waals surface area (Å²) in [5, 5.41) is 10.6. The Hall–Kier alpha value is -3.95. The van der Waals surface area contributed by atoms with Crippen molar-refractivity contribution in [1.29, 1.82) is 0 Å². The van der Waals surface area contributed by atoms with Gasteiger partial charge in [-0.3, -0.25) is 19.7 Å². The number of non-ortho nitro benzene ring substituents is 1. The Morgan fingerprint density at radius 2 is 1.89 bits per heavy atom. The highest BCUT2D eigenvalue weighted by molar-refractivity contribution is 6.23. The highest BCUT2D eigenvalue weighted by Gasteiger charge is 2.31. The fourth-order valence-corrected chi connectivity index (χ4v) is 2.70. The summed E-state index contributed by atoms with van der Waals surface area (Å²) in [4.78, 5) is 46.3. The number of ketones is 2. The first kappa shape index (κ1) is 18.8. The largest absolute Gasteiger partial charge is 0.514 e. The maximum atomic E-state index is 12.3. The van der Waals surface area contributed by atoms with E-state index in [1.54, 1.807) is 7.05 Å². The first-order chi connectivity index (χ1) is 13.3. The van der Waals surface area contributed by atoms with E-state index >= 15 is 0 Å². The lowest BCUT2D eigenvalue weighted by Crippen LogP contribution is -2.19. The molecule has 0 spiro atoms. The van der Waals surface area contributed by atoms with Gasteiger partial charge < -0.3 is 18.8 Å². The molecule has 0 radical (unpaired) electrons. The number of hydrogen-bond acceptors (Lipinski definition) is 8. The number of nitrogens with zero attached hydrogens (tertiary/aromatic N) is 2. The van der Waals surface area contributed by atoms with Gasteiger partial charge in [-0.05, 0) is 18.2 Å². The molecule has 0 bridgehead atoms. The molecule has 0 atom stereocenters. The number of Topliss-reactive ketones (excluding diaryl/α,β-unsaturated/α-hetero) is 1. The number of fused-ring (bicyclic) bond motifs is 1. The molecule has 144 valence electrons. The minimum atomic E-state index is -1.04. The number of aromatic nitrogens is 1. The van der Waals surface area contributed by atoms with Crippen molar-refractivity contribution < 1.29 is 33.5 Å². The predicted octanol–water partition coefficient (Wildman–Crippen LogP) is 2.56. The summed E-state index contributed by atoms with van der Waals surface area (Å²) in [6.45, 7) is -0.252. The summed E-state index contributed by atoms with van der Waals surface area (Å²) in [5.41, 5.74) is 0.592. The fraction of sp³-hybridized carbons (Fsp3) is 0.167. The van der Waals surface area contributed by atoms with Crippen molar-refractivity contribution in [2.45, 2.75) is 6.61 Å². The van der Waals surface area contributed by atoms with E-state index in [1.807, 2.05) is 0 Å². The van der Waals surface area contributed by atoms with Gasteiger partial charge in [0.15, 0.2) is 5.76 Å². The van der Waals surface area contributed by atoms with Crippen molar-refractivity contribution in [3.05, 3.63) is 69.2 Å². The Kier molecular flexibility index (Phi) is 4.94. The molecule has 1 aromatic heterocycles. The number of nitro benzene ring substituents is 1. The van der Waals surface area contributed by atoms with Crippen LogP contribution in [-0.4, -0.2) is 34.3 Å². The number of ether oxygens (including phenoxy) is 3. The van der Waals surface area contributed by atoms with Crippen molar-refractivity contribution in [1.82, 2.24) is 4.57 Å². The Balaban J connectivity index is 1.68. The van der Waals surface area contributed by atoms with Gasteiger partial charge >= 0.3 is 6.16 Å². The molecule has 0 N–H and O–H groups in total. The summed E-state index contributed by atoms with van der Waals surface area (Å²) in [6.07, 6.45) is 0.0689. The van der Waals surface area contributed by atoms with Crippen LogP contribution in [0.15, 0.2) is 42.2 Å². The first-order valence-electron chi connectivity index (χ1n) is 7.94. The third-order valence-corrected chi connectivity index (χ3v) is 4.10. The van der Waals surface area contributed by atoms with E-state index in [0.29, 0.717) is 5.69 Å². The van der Waals surface area contributed by atoms with E-state index in [4.69, 9.17) is 14.2 Å². The molecule has 1 aliphatic rings. The Morgan fingerprint density at radius 3 is 2.50 bits per heavy atom. The van der Waals surface area contributed by atoms with Crippen LogP contribution in [-0.2, 0) is 23.1 Å². The molecule has 2 aromatic rings. The lowest BCUT2D eigenvalue weighted by molar-refractivity contribution is -0.384. The number of benzene rings is 1. The molecule has 10 nitrogen and oxygen atoms in total. The van der Waals surface area contributed by atoms with Crippen molar-refractivity contribution in [2.75, 3.05) is 7.11 Å². The van der Waals surface area contributed by atoms with Gasteiger partial charge in [0.1, 0.15) is 18.1 Å². The second-order valence-electron chi connectivity index (χ2n) is 5.75. The third kappa shape index (κ3) is 3.47. The molecular formula is C18H14N2O8. The van der Waals surface area contributed by atoms with Crippen LogP contribution in [0.1, 0.15) is 26.5 Å². The second kappa shape index (κ2) is 7.35. The van der Waals surface area contributed by atoms with Crippen LogP contribution in [0.25, 0.3) is 0 Å². The van der Waals surface area contributed by atoms with E-state index in [0.717, 1.165) is 6.08 Å². The van der Waals surface area contributed by atoms with Crippen LogP contribution in [0, 0.1) is 10.1 Å². The highest BCUT2D eigenvalue weighted by atomic mass is 16.7.